The molecule has 0 aliphatic heterocycles. The second kappa shape index (κ2) is 2.15. The van der Waals surface area contributed by atoms with Crippen molar-refractivity contribution in [2.24, 2.45) is 0 Å². The summed E-state index contributed by atoms with van der Waals surface area (Å²) in [4.78, 5) is 3.75. The van der Waals surface area contributed by atoms with Crippen molar-refractivity contribution in [1.29, 1.82) is 0 Å². The van der Waals surface area contributed by atoms with E-state index in [4.69, 9.17) is 5.73 Å². The Morgan fingerprint density at radius 1 is 1.75 bits per heavy atom. The maximum absolute atomic E-state index is 5.23. The van der Waals surface area contributed by atoms with Crippen LogP contribution in [0.2, 0.25) is 0 Å². The molecule has 3 nitrogen and oxygen atoms in total. The summed E-state index contributed by atoms with van der Waals surface area (Å²) < 4.78 is 3.78. The molecule has 0 atom stereocenters. The Morgan fingerprint density at radius 2 is 2.50 bits per heavy atom. The minimum Gasteiger partial charge on any atom is -0.374 e. The van der Waals surface area contributed by atoms with Crippen LogP contribution in [0.3, 0.4) is 0 Å². The van der Waals surface area contributed by atoms with Gasteiger partial charge in [-0.05, 0) is 0 Å². The number of hydrogen-bond donors (Lipinski definition) is 1. The van der Waals surface area contributed by atoms with E-state index in [9.17, 15) is 0 Å². The van der Waals surface area contributed by atoms with Gasteiger partial charge in [0.25, 0.3) is 0 Å². The van der Waals surface area contributed by atoms with Gasteiger partial charge in [0, 0.05) is 16.9 Å². The number of nitrogens with zero attached hydrogens (tertiary/aromatic N) is 2. The number of aromatic nitrogens is 2. The highest BCUT2D eigenvalue weighted by atomic mass is 32.1. The van der Waals surface area contributed by atoms with Gasteiger partial charge in [0.2, 0.25) is 0 Å². The zero-order valence-corrected chi connectivity index (χ0v) is 5.50. The quantitative estimate of drug-likeness (QED) is 0.583. The van der Waals surface area contributed by atoms with E-state index in [0.29, 0.717) is 11.0 Å². The molecule has 8 heavy (non-hydrogen) atoms. The second-order valence-electron chi connectivity index (χ2n) is 1.11. The highest BCUT2D eigenvalue weighted by Crippen LogP contribution is 2.02. The lowest BCUT2D eigenvalue weighted by Gasteiger charge is -1.70. The van der Waals surface area contributed by atoms with Crippen LogP contribution < -0.4 is 5.73 Å². The Labute approximate surface area is 55.7 Å². The van der Waals surface area contributed by atoms with Gasteiger partial charge < -0.3 is 5.73 Å². The molecule has 0 bridgehead atoms. The molecule has 2 N–H and O–H groups in total. The number of rotatable bonds is 1. The number of nitrogen functional groups attached to an aromatic ring is 1. The Balaban J connectivity index is 3.00. The molecule has 0 aliphatic rings. The van der Waals surface area contributed by atoms with E-state index in [-0.39, 0.29) is 0 Å². The van der Waals surface area contributed by atoms with Crippen LogP contribution in [0.5, 0.6) is 0 Å². The van der Waals surface area contributed by atoms with Gasteiger partial charge in [0.05, 0.1) is 0 Å². The van der Waals surface area contributed by atoms with Crippen LogP contribution in [0.25, 0.3) is 0 Å². The number of anilines is 1. The predicted molar refractivity (Wildman–Crippen MR) is 37.1 cm³/mol. The molecule has 0 saturated carbocycles. The third-order valence-electron chi connectivity index (χ3n) is 0.563. The molecule has 42 valence electrons. The van der Waals surface area contributed by atoms with Crippen molar-refractivity contribution in [3.05, 3.63) is 5.82 Å². The van der Waals surface area contributed by atoms with Gasteiger partial charge in [-0.15, -0.1) is 0 Å². The van der Waals surface area contributed by atoms with Crippen LogP contribution in [0.1, 0.15) is 5.82 Å². The first-order valence-corrected chi connectivity index (χ1v) is 3.12. The lowest BCUT2D eigenvalue weighted by atomic mass is 10.7. The van der Waals surface area contributed by atoms with Crippen LogP contribution in [-0.4, -0.2) is 14.7 Å². The second-order valence-corrected chi connectivity index (χ2v) is 2.13. The third kappa shape index (κ3) is 0.988. The molecule has 1 aromatic rings. The molecule has 0 radical (unpaired) electrons. The topological polar surface area (TPSA) is 51.8 Å². The first-order valence-electron chi connectivity index (χ1n) is 1.87. The fourth-order valence-corrected chi connectivity index (χ4v) is 0.882. The standard InChI is InChI=1S/C3H3N3S2/c4-3-5-2(1-7)6-8-3/h1H,(H2,4,5,6). The maximum atomic E-state index is 5.23. The molecule has 5 heteroatoms. The molecular formula is C3H3N3S2. The molecular weight excluding hydrogens is 142 g/mol. The Hall–Kier alpha value is -0.550. The van der Waals surface area contributed by atoms with E-state index in [1.807, 2.05) is 0 Å². The highest BCUT2D eigenvalue weighted by Gasteiger charge is 1.92. The van der Waals surface area contributed by atoms with Crippen molar-refractivity contribution in [3.63, 3.8) is 0 Å². The molecule has 1 aromatic heterocycles. The largest absolute Gasteiger partial charge is 0.374 e. The SMILES string of the molecule is Nc1nc(C=S)ns1. The van der Waals surface area contributed by atoms with Crippen LogP contribution in [0.4, 0.5) is 5.13 Å². The average Bonchev–Trinajstić information content (AvgIpc) is 2.14. The summed E-state index contributed by atoms with van der Waals surface area (Å²) in [7, 11) is 0. The molecule has 0 unspecified atom stereocenters. The van der Waals surface area contributed by atoms with Gasteiger partial charge in [0.1, 0.15) is 0 Å². The van der Waals surface area contributed by atoms with Gasteiger partial charge >= 0.3 is 0 Å². The van der Waals surface area contributed by atoms with E-state index >= 15 is 0 Å². The van der Waals surface area contributed by atoms with Crippen molar-refractivity contribution >= 4 is 34.2 Å². The first kappa shape index (κ1) is 5.58. The van der Waals surface area contributed by atoms with Gasteiger partial charge in [-0.1, -0.05) is 12.2 Å². The van der Waals surface area contributed by atoms with Gasteiger partial charge in [-0.2, -0.15) is 9.36 Å². The number of thiocarbonyl (C=S) groups is 1. The highest BCUT2D eigenvalue weighted by molar-refractivity contribution is 7.79. The summed E-state index contributed by atoms with van der Waals surface area (Å²) in [5.74, 6) is 0.530. The monoisotopic (exact) mass is 145 g/mol. The minimum atomic E-state index is 0.459. The molecule has 0 saturated heterocycles. The predicted octanol–water partition coefficient (Wildman–Crippen LogP) is 0.468. The number of hydrogen-bond acceptors (Lipinski definition) is 5. The first-order chi connectivity index (χ1) is 3.83. The van der Waals surface area contributed by atoms with Gasteiger partial charge in [-0.3, -0.25) is 0 Å². The fraction of sp³-hybridized carbons (Fsp3) is 0. The van der Waals surface area contributed by atoms with Crippen molar-refractivity contribution in [2.45, 2.75) is 0 Å². The summed E-state index contributed by atoms with van der Waals surface area (Å²) in [5, 5.41) is 1.86. The van der Waals surface area contributed by atoms with E-state index in [0.717, 1.165) is 11.5 Å². The molecule has 0 amide bonds. The molecule has 0 fully saturated rings. The maximum Gasteiger partial charge on any atom is 0.200 e. The molecule has 0 aliphatic carbocycles. The molecule has 1 heterocycles. The van der Waals surface area contributed by atoms with E-state index in [1.54, 1.807) is 0 Å². The summed E-state index contributed by atoms with van der Waals surface area (Å²) in [6.07, 6.45) is 0. The Morgan fingerprint density at radius 3 is 2.75 bits per heavy atom. The van der Waals surface area contributed by atoms with Crippen molar-refractivity contribution in [3.8, 4) is 0 Å². The van der Waals surface area contributed by atoms with E-state index < -0.39 is 0 Å². The zero-order chi connectivity index (χ0) is 5.98. The van der Waals surface area contributed by atoms with Crippen LogP contribution >= 0.6 is 23.8 Å². The lowest BCUT2D eigenvalue weighted by molar-refractivity contribution is 1.31. The Kier molecular flexibility index (Phi) is 1.50. The zero-order valence-electron chi connectivity index (χ0n) is 3.87. The van der Waals surface area contributed by atoms with Crippen molar-refractivity contribution in [1.82, 2.24) is 9.36 Å². The smallest absolute Gasteiger partial charge is 0.200 e. The van der Waals surface area contributed by atoms with Crippen LogP contribution in [-0.2, 0) is 0 Å². The normalized spacial score (nSPS) is 9.00. The fourth-order valence-electron chi connectivity index (χ4n) is 0.295. The van der Waals surface area contributed by atoms with Crippen molar-refractivity contribution < 1.29 is 0 Å². The summed E-state index contributed by atoms with van der Waals surface area (Å²) in [5.41, 5.74) is 5.23. The molecule has 0 aromatic carbocycles. The van der Waals surface area contributed by atoms with Crippen LogP contribution in [0.15, 0.2) is 0 Å². The minimum absolute atomic E-state index is 0.459. The van der Waals surface area contributed by atoms with E-state index in [2.05, 4.69) is 21.6 Å². The van der Waals surface area contributed by atoms with E-state index in [1.165, 1.54) is 5.37 Å². The number of nitrogens with two attached hydrogens (primary N) is 1. The average molecular weight is 145 g/mol. The third-order valence-corrected chi connectivity index (χ3v) is 1.33. The van der Waals surface area contributed by atoms with Crippen LogP contribution in [0, 0.1) is 0 Å². The Bertz CT molecular complexity index is 194. The summed E-state index contributed by atoms with van der Waals surface area (Å²) >= 11 is 5.68. The molecule has 0 spiro atoms. The molecule has 1 rings (SSSR count). The van der Waals surface area contributed by atoms with Gasteiger partial charge in [-0.25, -0.2) is 0 Å². The van der Waals surface area contributed by atoms with Gasteiger partial charge in [0.15, 0.2) is 11.0 Å². The summed E-state index contributed by atoms with van der Waals surface area (Å²) in [6, 6.07) is 0. The lowest BCUT2D eigenvalue weighted by Crippen LogP contribution is -1.83. The summed E-state index contributed by atoms with van der Waals surface area (Å²) in [6.45, 7) is 0. The van der Waals surface area contributed by atoms with Crippen molar-refractivity contribution in [2.75, 3.05) is 5.73 Å².